The molecule has 1 aliphatic rings. The zero-order valence-electron chi connectivity index (χ0n) is 8.36. The van der Waals surface area contributed by atoms with E-state index in [0.29, 0.717) is 12.0 Å². The molecule has 2 rings (SSSR count). The second-order valence-corrected chi connectivity index (χ2v) is 3.64. The van der Waals surface area contributed by atoms with Crippen molar-refractivity contribution in [3.63, 3.8) is 0 Å². The van der Waals surface area contributed by atoms with Crippen molar-refractivity contribution in [3.8, 4) is 0 Å². The van der Waals surface area contributed by atoms with Gasteiger partial charge >= 0.3 is 0 Å². The lowest BCUT2D eigenvalue weighted by Crippen LogP contribution is -2.10. The SMILES string of the molecule is OCC1=CC=C(c2ccccc2)C(F)C1. The van der Waals surface area contributed by atoms with Crippen molar-refractivity contribution in [2.24, 2.45) is 0 Å². The highest BCUT2D eigenvalue weighted by Gasteiger charge is 2.19. The third kappa shape index (κ3) is 2.16. The Bertz CT molecular complexity index is 392. The Kier molecular flexibility index (Phi) is 2.97. The van der Waals surface area contributed by atoms with Crippen LogP contribution in [-0.2, 0) is 0 Å². The molecule has 1 aromatic carbocycles. The van der Waals surface area contributed by atoms with Crippen molar-refractivity contribution < 1.29 is 9.50 Å². The summed E-state index contributed by atoms with van der Waals surface area (Å²) >= 11 is 0. The normalized spacial score (nSPS) is 20.8. The molecule has 1 unspecified atom stereocenters. The average molecular weight is 204 g/mol. The predicted molar refractivity (Wildman–Crippen MR) is 59.1 cm³/mol. The van der Waals surface area contributed by atoms with Crippen LogP contribution in [0.2, 0.25) is 0 Å². The van der Waals surface area contributed by atoms with Gasteiger partial charge in [-0.25, -0.2) is 4.39 Å². The van der Waals surface area contributed by atoms with Gasteiger partial charge in [0.15, 0.2) is 0 Å². The van der Waals surface area contributed by atoms with Crippen molar-refractivity contribution >= 4 is 5.57 Å². The molecule has 0 heterocycles. The first-order valence-corrected chi connectivity index (χ1v) is 5.01. The number of aliphatic hydroxyl groups is 1. The number of rotatable bonds is 2. The van der Waals surface area contributed by atoms with Crippen LogP contribution >= 0.6 is 0 Å². The fourth-order valence-corrected chi connectivity index (χ4v) is 1.75. The number of allylic oxidation sites excluding steroid dienone is 3. The maximum absolute atomic E-state index is 13.8. The standard InChI is InChI=1S/C13H13FO/c14-13-8-10(9-15)6-7-12(13)11-4-2-1-3-5-11/h1-7,13,15H,8-9H2. The van der Waals surface area contributed by atoms with E-state index in [9.17, 15) is 4.39 Å². The first-order valence-electron chi connectivity index (χ1n) is 5.01. The monoisotopic (exact) mass is 204 g/mol. The molecule has 0 amide bonds. The number of hydrogen-bond acceptors (Lipinski definition) is 1. The maximum Gasteiger partial charge on any atom is 0.129 e. The summed E-state index contributed by atoms with van der Waals surface area (Å²) in [7, 11) is 0. The summed E-state index contributed by atoms with van der Waals surface area (Å²) < 4.78 is 13.8. The van der Waals surface area contributed by atoms with Crippen molar-refractivity contribution in [3.05, 3.63) is 53.6 Å². The Morgan fingerprint density at radius 2 is 1.93 bits per heavy atom. The maximum atomic E-state index is 13.8. The minimum absolute atomic E-state index is 0.0566. The van der Waals surface area contributed by atoms with E-state index in [1.165, 1.54) is 0 Å². The highest BCUT2D eigenvalue weighted by molar-refractivity contribution is 5.71. The number of benzene rings is 1. The van der Waals surface area contributed by atoms with Gasteiger partial charge in [0.25, 0.3) is 0 Å². The fraction of sp³-hybridized carbons (Fsp3) is 0.231. The first kappa shape index (κ1) is 10.1. The fourth-order valence-electron chi connectivity index (χ4n) is 1.75. The second-order valence-electron chi connectivity index (χ2n) is 3.64. The van der Waals surface area contributed by atoms with Gasteiger partial charge in [0.1, 0.15) is 6.17 Å². The molecule has 0 spiro atoms. The van der Waals surface area contributed by atoms with E-state index in [0.717, 1.165) is 11.1 Å². The van der Waals surface area contributed by atoms with Crippen LogP contribution in [0.4, 0.5) is 4.39 Å². The molecule has 78 valence electrons. The molecular formula is C13H13FO. The van der Waals surface area contributed by atoms with Crippen LogP contribution in [0.1, 0.15) is 12.0 Å². The van der Waals surface area contributed by atoms with E-state index in [-0.39, 0.29) is 6.61 Å². The van der Waals surface area contributed by atoms with E-state index >= 15 is 0 Å². The van der Waals surface area contributed by atoms with Crippen LogP contribution in [-0.4, -0.2) is 17.9 Å². The Balaban J connectivity index is 2.31. The van der Waals surface area contributed by atoms with Crippen LogP contribution in [0.3, 0.4) is 0 Å². The molecule has 0 aromatic heterocycles. The van der Waals surface area contributed by atoms with E-state index in [2.05, 4.69) is 0 Å². The van der Waals surface area contributed by atoms with E-state index in [4.69, 9.17) is 5.11 Å². The van der Waals surface area contributed by atoms with Gasteiger partial charge in [-0.1, -0.05) is 42.5 Å². The molecule has 2 heteroatoms. The van der Waals surface area contributed by atoms with Crippen molar-refractivity contribution in [1.82, 2.24) is 0 Å². The molecular weight excluding hydrogens is 191 g/mol. The Hall–Kier alpha value is -1.41. The lowest BCUT2D eigenvalue weighted by molar-refractivity contribution is 0.312. The largest absolute Gasteiger partial charge is 0.392 e. The molecule has 0 bridgehead atoms. The van der Waals surface area contributed by atoms with Crippen LogP contribution in [0.5, 0.6) is 0 Å². The van der Waals surface area contributed by atoms with E-state index < -0.39 is 6.17 Å². The highest BCUT2D eigenvalue weighted by Crippen LogP contribution is 2.29. The van der Waals surface area contributed by atoms with Crippen LogP contribution < -0.4 is 0 Å². The summed E-state index contributed by atoms with van der Waals surface area (Å²) in [4.78, 5) is 0. The van der Waals surface area contributed by atoms with Gasteiger partial charge in [0.05, 0.1) is 6.61 Å². The van der Waals surface area contributed by atoms with Crippen LogP contribution in [0, 0.1) is 0 Å². The third-order valence-corrected chi connectivity index (χ3v) is 2.59. The zero-order valence-corrected chi connectivity index (χ0v) is 8.36. The molecule has 0 fully saturated rings. The minimum Gasteiger partial charge on any atom is -0.392 e. The molecule has 1 N–H and O–H groups in total. The quantitative estimate of drug-likeness (QED) is 0.785. The molecule has 15 heavy (non-hydrogen) atoms. The van der Waals surface area contributed by atoms with Gasteiger partial charge < -0.3 is 5.11 Å². The molecule has 0 aliphatic heterocycles. The summed E-state index contributed by atoms with van der Waals surface area (Å²) in [6.07, 6.45) is 2.87. The summed E-state index contributed by atoms with van der Waals surface area (Å²) in [5.41, 5.74) is 2.37. The van der Waals surface area contributed by atoms with Crippen LogP contribution in [0.25, 0.3) is 5.57 Å². The van der Waals surface area contributed by atoms with Gasteiger partial charge in [0, 0.05) is 6.42 Å². The molecule has 0 saturated heterocycles. The van der Waals surface area contributed by atoms with Gasteiger partial charge in [-0.2, -0.15) is 0 Å². The summed E-state index contributed by atoms with van der Waals surface area (Å²) in [5, 5.41) is 8.90. The highest BCUT2D eigenvalue weighted by atomic mass is 19.1. The van der Waals surface area contributed by atoms with Crippen molar-refractivity contribution in [1.29, 1.82) is 0 Å². The molecule has 1 aliphatic carbocycles. The first-order chi connectivity index (χ1) is 7.31. The summed E-state index contributed by atoms with van der Waals surface area (Å²) in [6.45, 7) is -0.0566. The smallest absolute Gasteiger partial charge is 0.129 e. The summed E-state index contributed by atoms with van der Waals surface area (Å²) in [5.74, 6) is 0. The lowest BCUT2D eigenvalue weighted by atomic mass is 9.92. The minimum atomic E-state index is -1.00. The van der Waals surface area contributed by atoms with Gasteiger partial charge in [-0.05, 0) is 16.7 Å². The molecule has 1 nitrogen and oxygen atoms in total. The van der Waals surface area contributed by atoms with Crippen LogP contribution in [0.15, 0.2) is 48.1 Å². The molecule has 1 atom stereocenters. The van der Waals surface area contributed by atoms with Crippen molar-refractivity contribution in [2.75, 3.05) is 6.61 Å². The third-order valence-electron chi connectivity index (χ3n) is 2.59. The number of halogens is 1. The molecule has 0 saturated carbocycles. The van der Waals surface area contributed by atoms with E-state index in [1.54, 1.807) is 12.2 Å². The Morgan fingerprint density at radius 1 is 1.20 bits per heavy atom. The summed E-state index contributed by atoms with van der Waals surface area (Å²) in [6, 6.07) is 9.50. The van der Waals surface area contributed by atoms with Gasteiger partial charge in [-0.15, -0.1) is 0 Å². The Labute approximate surface area is 88.6 Å². The zero-order chi connectivity index (χ0) is 10.7. The number of alkyl halides is 1. The van der Waals surface area contributed by atoms with E-state index in [1.807, 2.05) is 30.3 Å². The van der Waals surface area contributed by atoms with Crippen molar-refractivity contribution in [2.45, 2.75) is 12.6 Å². The molecule has 0 radical (unpaired) electrons. The topological polar surface area (TPSA) is 20.2 Å². The number of hydrogen-bond donors (Lipinski definition) is 1. The second kappa shape index (κ2) is 4.41. The molecule has 1 aromatic rings. The average Bonchev–Trinajstić information content (AvgIpc) is 2.30. The predicted octanol–water partition coefficient (Wildman–Crippen LogP) is 2.73. The number of aliphatic hydroxyl groups excluding tert-OH is 1. The van der Waals surface area contributed by atoms with Gasteiger partial charge in [-0.3, -0.25) is 0 Å². The lowest BCUT2D eigenvalue weighted by Gasteiger charge is -2.18. The van der Waals surface area contributed by atoms with Gasteiger partial charge in [0.2, 0.25) is 0 Å². The Morgan fingerprint density at radius 3 is 2.53 bits per heavy atom.